The van der Waals surface area contributed by atoms with Gasteiger partial charge < -0.3 is 5.32 Å². The summed E-state index contributed by atoms with van der Waals surface area (Å²) in [5.74, 6) is 0.555. The van der Waals surface area contributed by atoms with Gasteiger partial charge in [-0.05, 0) is 24.9 Å². The fourth-order valence-corrected chi connectivity index (χ4v) is 1.60. The number of hydrogen-bond acceptors (Lipinski definition) is 5. The molecule has 0 heterocycles. The monoisotopic (exact) mass is 267 g/mol. The molecule has 0 saturated heterocycles. The highest BCUT2D eigenvalue weighted by Gasteiger charge is 2.18. The van der Waals surface area contributed by atoms with Gasteiger partial charge in [0.15, 0.2) is 0 Å². The number of nitrogens with zero attached hydrogens (tertiary/aromatic N) is 2. The van der Waals surface area contributed by atoms with Crippen LogP contribution in [-0.4, -0.2) is 16.4 Å². The first-order valence-electron chi connectivity index (χ1n) is 6.04. The van der Waals surface area contributed by atoms with Crippen LogP contribution in [0.2, 0.25) is 0 Å². The number of nitro groups is 2. The Kier molecular flexibility index (Phi) is 5.37. The van der Waals surface area contributed by atoms with Crippen molar-refractivity contribution >= 4 is 11.4 Å². The average molecular weight is 267 g/mol. The van der Waals surface area contributed by atoms with E-state index in [1.807, 2.05) is 0 Å². The van der Waals surface area contributed by atoms with Crippen LogP contribution < -0.4 is 5.32 Å². The van der Waals surface area contributed by atoms with Gasteiger partial charge in [-0.15, -0.1) is 0 Å². The van der Waals surface area contributed by atoms with Gasteiger partial charge in [0.25, 0.3) is 11.4 Å². The Hall–Kier alpha value is -2.02. The number of nitro benzene ring substituents is 2. The lowest BCUT2D eigenvalue weighted by atomic mass is 10.1. The standard InChI is InChI=1S/C12H17N3O4/c1-9(2)5-6-13-8-10-3-4-11(14(16)17)7-12(10)15(18)19/h3-4,7,9,13H,5-6,8H2,1-2H3. The number of non-ortho nitro benzene ring substituents is 1. The van der Waals surface area contributed by atoms with E-state index in [9.17, 15) is 20.2 Å². The van der Waals surface area contributed by atoms with Gasteiger partial charge in [0.05, 0.1) is 15.9 Å². The zero-order chi connectivity index (χ0) is 14.4. The predicted molar refractivity (Wildman–Crippen MR) is 70.9 cm³/mol. The molecule has 0 saturated carbocycles. The van der Waals surface area contributed by atoms with Gasteiger partial charge in [0, 0.05) is 18.2 Å². The minimum Gasteiger partial charge on any atom is -0.312 e. The minimum absolute atomic E-state index is 0.216. The maximum absolute atomic E-state index is 10.9. The third-order valence-corrected chi connectivity index (χ3v) is 2.69. The molecule has 1 aromatic rings. The largest absolute Gasteiger partial charge is 0.312 e. The summed E-state index contributed by atoms with van der Waals surface area (Å²) in [7, 11) is 0. The van der Waals surface area contributed by atoms with E-state index in [1.54, 1.807) is 0 Å². The Morgan fingerprint density at radius 3 is 2.42 bits per heavy atom. The molecular formula is C12H17N3O4. The van der Waals surface area contributed by atoms with Gasteiger partial charge in [-0.25, -0.2) is 0 Å². The first-order chi connectivity index (χ1) is 8.91. The van der Waals surface area contributed by atoms with Crippen LogP contribution in [0.3, 0.4) is 0 Å². The summed E-state index contributed by atoms with van der Waals surface area (Å²) < 4.78 is 0. The van der Waals surface area contributed by atoms with Crippen molar-refractivity contribution in [3.8, 4) is 0 Å². The van der Waals surface area contributed by atoms with Crippen molar-refractivity contribution in [3.05, 3.63) is 44.0 Å². The second kappa shape index (κ2) is 6.79. The summed E-state index contributed by atoms with van der Waals surface area (Å²) in [5, 5.41) is 24.6. The van der Waals surface area contributed by atoms with Crippen molar-refractivity contribution in [2.75, 3.05) is 6.54 Å². The molecular weight excluding hydrogens is 250 g/mol. The van der Waals surface area contributed by atoms with E-state index < -0.39 is 9.85 Å². The molecule has 0 amide bonds. The normalized spacial score (nSPS) is 10.7. The Balaban J connectivity index is 2.77. The maximum Gasteiger partial charge on any atom is 0.280 e. The van der Waals surface area contributed by atoms with Gasteiger partial charge in [0.1, 0.15) is 0 Å². The van der Waals surface area contributed by atoms with Gasteiger partial charge in [-0.1, -0.05) is 13.8 Å². The lowest BCUT2D eigenvalue weighted by Gasteiger charge is -2.07. The lowest BCUT2D eigenvalue weighted by Crippen LogP contribution is -2.17. The molecule has 0 radical (unpaired) electrons. The molecule has 0 fully saturated rings. The van der Waals surface area contributed by atoms with Crippen LogP contribution in [-0.2, 0) is 6.54 Å². The third-order valence-electron chi connectivity index (χ3n) is 2.69. The fraction of sp³-hybridized carbons (Fsp3) is 0.500. The molecule has 1 N–H and O–H groups in total. The molecule has 0 unspecified atom stereocenters. The molecule has 0 bridgehead atoms. The van der Waals surface area contributed by atoms with Crippen LogP contribution in [0.15, 0.2) is 18.2 Å². The first-order valence-corrected chi connectivity index (χ1v) is 6.04. The summed E-state index contributed by atoms with van der Waals surface area (Å²) in [4.78, 5) is 20.3. The van der Waals surface area contributed by atoms with Crippen molar-refractivity contribution in [1.82, 2.24) is 5.32 Å². The number of hydrogen-bond donors (Lipinski definition) is 1. The molecule has 0 aromatic heterocycles. The maximum atomic E-state index is 10.9. The Labute approximate surface area is 110 Å². The quantitative estimate of drug-likeness (QED) is 0.465. The van der Waals surface area contributed by atoms with E-state index in [1.165, 1.54) is 12.1 Å². The molecule has 0 aliphatic rings. The molecule has 0 atom stereocenters. The van der Waals surface area contributed by atoms with Crippen molar-refractivity contribution in [3.63, 3.8) is 0 Å². The van der Waals surface area contributed by atoms with Crippen LogP contribution in [0.4, 0.5) is 11.4 Å². The summed E-state index contributed by atoms with van der Waals surface area (Å²) >= 11 is 0. The van der Waals surface area contributed by atoms with Crippen molar-refractivity contribution in [1.29, 1.82) is 0 Å². The predicted octanol–water partition coefficient (Wildman–Crippen LogP) is 2.64. The highest BCUT2D eigenvalue weighted by atomic mass is 16.6. The van der Waals surface area contributed by atoms with Crippen molar-refractivity contribution < 1.29 is 9.85 Å². The van der Waals surface area contributed by atoms with Gasteiger partial charge in [-0.2, -0.15) is 0 Å². The van der Waals surface area contributed by atoms with Gasteiger partial charge in [0.2, 0.25) is 0 Å². The molecule has 7 heteroatoms. The van der Waals surface area contributed by atoms with E-state index in [2.05, 4.69) is 19.2 Å². The van der Waals surface area contributed by atoms with Gasteiger partial charge in [-0.3, -0.25) is 20.2 Å². The molecule has 0 aliphatic heterocycles. The molecule has 1 rings (SSSR count). The third kappa shape index (κ3) is 4.63. The Morgan fingerprint density at radius 2 is 1.89 bits per heavy atom. The molecule has 7 nitrogen and oxygen atoms in total. The molecule has 0 spiro atoms. The van der Waals surface area contributed by atoms with Gasteiger partial charge >= 0.3 is 0 Å². The topological polar surface area (TPSA) is 98.3 Å². The highest BCUT2D eigenvalue weighted by molar-refractivity contribution is 5.49. The summed E-state index contributed by atoms with van der Waals surface area (Å²) in [6.07, 6.45) is 0.973. The summed E-state index contributed by atoms with van der Waals surface area (Å²) in [6, 6.07) is 3.71. The van der Waals surface area contributed by atoms with E-state index in [0.29, 0.717) is 18.0 Å². The van der Waals surface area contributed by atoms with Crippen LogP contribution in [0.1, 0.15) is 25.8 Å². The summed E-state index contributed by atoms with van der Waals surface area (Å²) in [6.45, 7) is 5.28. The number of rotatable bonds is 7. The van der Waals surface area contributed by atoms with Crippen LogP contribution in [0.25, 0.3) is 0 Å². The van der Waals surface area contributed by atoms with E-state index in [-0.39, 0.29) is 11.4 Å². The smallest absolute Gasteiger partial charge is 0.280 e. The zero-order valence-electron chi connectivity index (χ0n) is 11.0. The molecule has 19 heavy (non-hydrogen) atoms. The average Bonchev–Trinajstić information content (AvgIpc) is 2.34. The summed E-state index contributed by atoms with van der Waals surface area (Å²) in [5.41, 5.74) is -0.0248. The van der Waals surface area contributed by atoms with Crippen LogP contribution >= 0.6 is 0 Å². The second-order valence-electron chi connectivity index (χ2n) is 4.69. The molecule has 0 aliphatic carbocycles. The van der Waals surface area contributed by atoms with Crippen molar-refractivity contribution in [2.45, 2.75) is 26.8 Å². The fourth-order valence-electron chi connectivity index (χ4n) is 1.60. The Morgan fingerprint density at radius 1 is 1.21 bits per heavy atom. The van der Waals surface area contributed by atoms with E-state index in [0.717, 1.165) is 19.0 Å². The minimum atomic E-state index is -0.636. The van der Waals surface area contributed by atoms with Crippen LogP contribution in [0, 0.1) is 26.1 Å². The van der Waals surface area contributed by atoms with Crippen molar-refractivity contribution in [2.24, 2.45) is 5.92 Å². The lowest BCUT2D eigenvalue weighted by molar-refractivity contribution is -0.394. The molecule has 104 valence electrons. The first kappa shape index (κ1) is 15.0. The highest BCUT2D eigenvalue weighted by Crippen LogP contribution is 2.24. The Bertz CT molecular complexity index is 474. The van der Waals surface area contributed by atoms with E-state index in [4.69, 9.17) is 0 Å². The number of nitrogens with one attached hydrogen (secondary N) is 1. The SMILES string of the molecule is CC(C)CCNCc1ccc([N+](=O)[O-])cc1[N+](=O)[O-]. The second-order valence-corrected chi connectivity index (χ2v) is 4.69. The zero-order valence-corrected chi connectivity index (χ0v) is 11.0. The number of benzene rings is 1. The van der Waals surface area contributed by atoms with E-state index >= 15 is 0 Å². The molecule has 1 aromatic carbocycles. The van der Waals surface area contributed by atoms with Crippen LogP contribution in [0.5, 0.6) is 0 Å².